The van der Waals surface area contributed by atoms with Gasteiger partial charge in [0.1, 0.15) is 5.75 Å². The molecule has 1 saturated carbocycles. The van der Waals surface area contributed by atoms with Gasteiger partial charge in [0, 0.05) is 6.04 Å². The number of carbonyl (C=O) groups excluding carboxylic acids is 3. The van der Waals surface area contributed by atoms with E-state index in [1.807, 2.05) is 0 Å². The molecule has 128 valence electrons. The van der Waals surface area contributed by atoms with Gasteiger partial charge in [-0.3, -0.25) is 14.4 Å². The van der Waals surface area contributed by atoms with Gasteiger partial charge >= 0.3 is 11.8 Å². The minimum atomic E-state index is -0.792. The Morgan fingerprint density at radius 2 is 1.83 bits per heavy atom. The third-order valence-electron chi connectivity index (χ3n) is 3.54. The summed E-state index contributed by atoms with van der Waals surface area (Å²) in [6.07, 6.45) is 5.37. The van der Waals surface area contributed by atoms with Gasteiger partial charge in [-0.1, -0.05) is 12.8 Å². The van der Waals surface area contributed by atoms with E-state index in [1.54, 1.807) is 24.3 Å². The van der Waals surface area contributed by atoms with Crippen LogP contribution in [0.1, 0.15) is 31.2 Å². The number of nitrogens with one attached hydrogen (secondary N) is 2. The molecule has 8 heteroatoms. The van der Waals surface area contributed by atoms with Crippen LogP contribution in [0.3, 0.4) is 0 Å². The summed E-state index contributed by atoms with van der Waals surface area (Å²) in [7, 11) is 0. The number of rotatable bonds is 6. The quantitative estimate of drug-likeness (QED) is 0.387. The highest BCUT2D eigenvalue weighted by atomic mass is 16.5. The van der Waals surface area contributed by atoms with Crippen molar-refractivity contribution in [1.82, 2.24) is 10.7 Å². The van der Waals surface area contributed by atoms with Crippen LogP contribution in [0.5, 0.6) is 5.75 Å². The molecule has 0 bridgehead atoms. The van der Waals surface area contributed by atoms with Crippen molar-refractivity contribution in [3.63, 3.8) is 0 Å². The minimum Gasteiger partial charge on any atom is -0.484 e. The van der Waals surface area contributed by atoms with Gasteiger partial charge in [0.05, 0.1) is 6.21 Å². The smallest absolute Gasteiger partial charge is 0.329 e. The average Bonchev–Trinajstić information content (AvgIpc) is 3.07. The van der Waals surface area contributed by atoms with E-state index in [-0.39, 0.29) is 12.6 Å². The van der Waals surface area contributed by atoms with Crippen molar-refractivity contribution in [1.29, 1.82) is 0 Å². The number of nitrogens with zero attached hydrogens (tertiary/aromatic N) is 1. The maximum absolute atomic E-state index is 11.7. The molecule has 0 spiro atoms. The Bertz CT molecular complexity index is 621. The van der Waals surface area contributed by atoms with E-state index in [2.05, 4.69) is 15.8 Å². The zero-order valence-corrected chi connectivity index (χ0v) is 13.2. The maximum Gasteiger partial charge on any atom is 0.329 e. The lowest BCUT2D eigenvalue weighted by Gasteiger charge is -2.10. The Morgan fingerprint density at radius 1 is 1.17 bits per heavy atom. The molecule has 1 aliphatic rings. The number of amides is 3. The molecule has 4 N–H and O–H groups in total. The zero-order chi connectivity index (χ0) is 17.4. The van der Waals surface area contributed by atoms with Gasteiger partial charge in [-0.15, -0.1) is 0 Å². The van der Waals surface area contributed by atoms with Crippen LogP contribution in [0.15, 0.2) is 29.4 Å². The molecular formula is C16H20N4O4. The van der Waals surface area contributed by atoms with Gasteiger partial charge in [-0.2, -0.15) is 5.10 Å². The number of carbonyl (C=O) groups is 3. The molecule has 0 heterocycles. The van der Waals surface area contributed by atoms with E-state index >= 15 is 0 Å². The third kappa shape index (κ3) is 5.71. The van der Waals surface area contributed by atoms with Gasteiger partial charge in [-0.05, 0) is 42.7 Å². The van der Waals surface area contributed by atoms with Crippen molar-refractivity contribution < 1.29 is 19.1 Å². The summed E-state index contributed by atoms with van der Waals surface area (Å²) in [5, 5.41) is 6.42. The summed E-state index contributed by atoms with van der Waals surface area (Å²) in [5.74, 6) is -1.53. The van der Waals surface area contributed by atoms with Crippen LogP contribution >= 0.6 is 0 Å². The normalized spacial score (nSPS) is 14.5. The Balaban J connectivity index is 1.76. The number of hydrazone groups is 1. The van der Waals surface area contributed by atoms with Gasteiger partial charge in [-0.25, -0.2) is 5.43 Å². The molecule has 1 aliphatic carbocycles. The lowest BCUT2D eigenvalue weighted by atomic mass is 10.2. The summed E-state index contributed by atoms with van der Waals surface area (Å²) in [4.78, 5) is 33.9. The van der Waals surface area contributed by atoms with Crippen LogP contribution in [0.4, 0.5) is 0 Å². The summed E-state index contributed by atoms with van der Waals surface area (Å²) in [5.41, 5.74) is 7.86. The van der Waals surface area contributed by atoms with E-state index in [4.69, 9.17) is 10.5 Å². The van der Waals surface area contributed by atoms with E-state index in [9.17, 15) is 14.4 Å². The predicted octanol–water partition coefficient (Wildman–Crippen LogP) is 0.0596. The molecule has 0 unspecified atom stereocenters. The van der Waals surface area contributed by atoms with Crippen molar-refractivity contribution in [2.24, 2.45) is 10.8 Å². The number of ether oxygens (including phenoxy) is 1. The topological polar surface area (TPSA) is 123 Å². The third-order valence-corrected chi connectivity index (χ3v) is 3.54. The van der Waals surface area contributed by atoms with E-state index in [0.29, 0.717) is 11.3 Å². The molecule has 0 aliphatic heterocycles. The number of nitrogens with two attached hydrogens (primary N) is 1. The predicted molar refractivity (Wildman–Crippen MR) is 87.3 cm³/mol. The second-order valence-electron chi connectivity index (χ2n) is 5.48. The van der Waals surface area contributed by atoms with Gasteiger partial charge < -0.3 is 15.8 Å². The monoisotopic (exact) mass is 332 g/mol. The zero-order valence-electron chi connectivity index (χ0n) is 13.2. The number of primary amides is 1. The first kappa shape index (κ1) is 17.5. The summed E-state index contributed by atoms with van der Waals surface area (Å²) in [6.45, 7) is -0.195. The highest BCUT2D eigenvalue weighted by Crippen LogP contribution is 2.17. The average molecular weight is 332 g/mol. The molecule has 2 rings (SSSR count). The van der Waals surface area contributed by atoms with Crippen LogP contribution < -0.4 is 21.2 Å². The Kier molecular flexibility index (Phi) is 6.30. The molecule has 0 saturated heterocycles. The molecule has 1 aromatic rings. The first-order chi connectivity index (χ1) is 11.5. The highest BCUT2D eigenvalue weighted by molar-refractivity contribution is 6.35. The van der Waals surface area contributed by atoms with E-state index < -0.39 is 17.7 Å². The molecule has 0 aromatic heterocycles. The lowest BCUT2D eigenvalue weighted by molar-refractivity contribution is -0.139. The molecular weight excluding hydrogens is 312 g/mol. The van der Waals surface area contributed by atoms with Gasteiger partial charge in [0.25, 0.3) is 5.91 Å². The first-order valence-electron chi connectivity index (χ1n) is 7.69. The lowest BCUT2D eigenvalue weighted by Crippen LogP contribution is -2.42. The van der Waals surface area contributed by atoms with Crippen LogP contribution in [0, 0.1) is 0 Å². The Hall–Kier alpha value is -2.90. The standard InChI is InChI=1S/C16H20N4O4/c17-14(21)10-24-13-7-5-11(6-8-13)9-18-20-16(23)15(22)19-12-3-1-2-4-12/h5-9,12H,1-4,10H2,(H2,17,21)(H,19,22)(H,20,23). The van der Waals surface area contributed by atoms with E-state index in [1.165, 1.54) is 6.21 Å². The SMILES string of the molecule is NC(=O)COc1ccc(C=NNC(=O)C(=O)NC2CCCC2)cc1. The van der Waals surface area contributed by atoms with Crippen LogP contribution in [0.25, 0.3) is 0 Å². The van der Waals surface area contributed by atoms with Gasteiger partial charge in [0.15, 0.2) is 6.61 Å². The van der Waals surface area contributed by atoms with Crippen molar-refractivity contribution in [3.05, 3.63) is 29.8 Å². The van der Waals surface area contributed by atoms with Crippen LogP contribution in [0.2, 0.25) is 0 Å². The van der Waals surface area contributed by atoms with Crippen molar-refractivity contribution in [2.75, 3.05) is 6.61 Å². The number of benzene rings is 1. The van der Waals surface area contributed by atoms with Crippen molar-refractivity contribution >= 4 is 23.9 Å². The minimum absolute atomic E-state index is 0.0835. The molecule has 1 aromatic carbocycles. The second kappa shape index (κ2) is 8.66. The summed E-state index contributed by atoms with van der Waals surface area (Å²) >= 11 is 0. The fourth-order valence-corrected chi connectivity index (χ4v) is 2.34. The molecule has 3 amide bonds. The Labute approximate surface area is 139 Å². The largest absolute Gasteiger partial charge is 0.484 e. The molecule has 0 radical (unpaired) electrons. The van der Waals surface area contributed by atoms with Crippen molar-refractivity contribution in [3.8, 4) is 5.75 Å². The van der Waals surface area contributed by atoms with Gasteiger partial charge in [0.2, 0.25) is 0 Å². The van der Waals surface area contributed by atoms with E-state index in [0.717, 1.165) is 25.7 Å². The molecule has 8 nitrogen and oxygen atoms in total. The van der Waals surface area contributed by atoms with Crippen LogP contribution in [-0.4, -0.2) is 36.6 Å². The fraction of sp³-hybridized carbons (Fsp3) is 0.375. The van der Waals surface area contributed by atoms with Crippen molar-refractivity contribution in [2.45, 2.75) is 31.7 Å². The number of hydrogen-bond donors (Lipinski definition) is 3. The maximum atomic E-state index is 11.7. The first-order valence-corrected chi connectivity index (χ1v) is 7.69. The van der Waals surface area contributed by atoms with Crippen LogP contribution in [-0.2, 0) is 14.4 Å². The fourth-order valence-electron chi connectivity index (χ4n) is 2.34. The highest BCUT2D eigenvalue weighted by Gasteiger charge is 2.20. The Morgan fingerprint density at radius 3 is 2.46 bits per heavy atom. The molecule has 24 heavy (non-hydrogen) atoms. The second-order valence-corrected chi connectivity index (χ2v) is 5.48. The summed E-state index contributed by atoms with van der Waals surface area (Å²) in [6, 6.07) is 6.73. The molecule has 1 fully saturated rings. The summed E-state index contributed by atoms with van der Waals surface area (Å²) < 4.78 is 5.12. The molecule has 0 atom stereocenters. The number of hydrogen-bond acceptors (Lipinski definition) is 5.